The number of benzene rings is 1. The summed E-state index contributed by atoms with van der Waals surface area (Å²) in [6.07, 6.45) is 2.67. The number of aromatic amines is 1. The van der Waals surface area contributed by atoms with Crippen LogP contribution in [-0.2, 0) is 16.1 Å². The molecule has 10 nitrogen and oxygen atoms in total. The van der Waals surface area contributed by atoms with Gasteiger partial charge in [0.1, 0.15) is 18.3 Å². The van der Waals surface area contributed by atoms with Crippen molar-refractivity contribution in [2.75, 3.05) is 6.61 Å². The molecule has 4 heterocycles. The molecule has 0 saturated carbocycles. The van der Waals surface area contributed by atoms with Gasteiger partial charge in [0.25, 0.3) is 5.56 Å². The van der Waals surface area contributed by atoms with Crippen molar-refractivity contribution < 1.29 is 19.7 Å². The number of hydrogen-bond acceptors (Lipinski definition) is 8. The molecule has 32 heavy (non-hydrogen) atoms. The van der Waals surface area contributed by atoms with Gasteiger partial charge in [-0.3, -0.25) is 14.3 Å². The van der Waals surface area contributed by atoms with E-state index in [1.807, 2.05) is 36.4 Å². The first-order chi connectivity index (χ1) is 15.7. The number of nitrogens with one attached hydrogen (secondary N) is 1. The van der Waals surface area contributed by atoms with Crippen LogP contribution in [0.1, 0.15) is 11.8 Å². The summed E-state index contributed by atoms with van der Waals surface area (Å²) in [6.45, 7) is -0.157. The fraction of sp³-hybridized carbons (Fsp3) is 0.273. The fourth-order valence-electron chi connectivity index (χ4n) is 3.85. The van der Waals surface area contributed by atoms with Gasteiger partial charge in [0.2, 0.25) is 0 Å². The molecule has 4 aromatic rings. The lowest BCUT2D eigenvalue weighted by molar-refractivity contribution is -0.0761. The molecule has 2 unspecified atom stereocenters. The summed E-state index contributed by atoms with van der Waals surface area (Å²) < 4.78 is 13.4. The number of aliphatic hydroxyl groups is 2. The maximum Gasteiger partial charge on any atom is 0.278 e. The number of imidazole rings is 1. The van der Waals surface area contributed by atoms with E-state index in [1.165, 1.54) is 12.7 Å². The molecule has 1 aliphatic rings. The lowest BCUT2D eigenvalue weighted by atomic mass is 10.1. The van der Waals surface area contributed by atoms with Gasteiger partial charge in [0, 0.05) is 12.4 Å². The summed E-state index contributed by atoms with van der Waals surface area (Å²) >= 11 is 0. The lowest BCUT2D eigenvalue weighted by Gasteiger charge is -2.22. The zero-order valence-corrected chi connectivity index (χ0v) is 16.9. The van der Waals surface area contributed by atoms with Gasteiger partial charge < -0.3 is 24.7 Å². The Hall–Kier alpha value is -3.44. The molecule has 164 valence electrons. The topological polar surface area (TPSA) is 135 Å². The Bertz CT molecular complexity index is 1260. The first-order valence-electron chi connectivity index (χ1n) is 10.1. The van der Waals surface area contributed by atoms with E-state index in [9.17, 15) is 15.0 Å². The van der Waals surface area contributed by atoms with Gasteiger partial charge in [-0.25, -0.2) is 9.97 Å². The largest absolute Gasteiger partial charge is 0.394 e. The minimum Gasteiger partial charge on any atom is -0.394 e. The predicted molar refractivity (Wildman–Crippen MR) is 113 cm³/mol. The third-order valence-electron chi connectivity index (χ3n) is 5.54. The van der Waals surface area contributed by atoms with Crippen LogP contribution in [0.2, 0.25) is 0 Å². The van der Waals surface area contributed by atoms with Crippen LogP contribution in [0.25, 0.3) is 22.3 Å². The Kier molecular flexibility index (Phi) is 5.50. The van der Waals surface area contributed by atoms with Gasteiger partial charge in [-0.15, -0.1) is 0 Å². The minimum atomic E-state index is -1.07. The van der Waals surface area contributed by atoms with Gasteiger partial charge in [-0.2, -0.15) is 0 Å². The van der Waals surface area contributed by atoms with Crippen molar-refractivity contribution in [1.29, 1.82) is 0 Å². The molecule has 1 aliphatic heterocycles. The zero-order valence-electron chi connectivity index (χ0n) is 16.9. The van der Waals surface area contributed by atoms with Gasteiger partial charge in [-0.05, 0) is 28.8 Å². The summed E-state index contributed by atoms with van der Waals surface area (Å²) in [5.74, 6) is 0. The standard InChI is InChI=1S/C22H21N5O5/c28-9-16-18(29)19(22(32-16)27-12-26-17-20(27)24-11-25-21(17)30)31-10-13-1-3-14(4-2-13)15-5-7-23-8-6-15/h1-8,11-12,16,18-19,22,28-29H,9-10H2,(H,24,25,30)/t16-,18?,19?,22-/m1/s1. The number of ether oxygens (including phenoxy) is 2. The van der Waals surface area contributed by atoms with Crippen molar-refractivity contribution in [3.63, 3.8) is 0 Å². The van der Waals surface area contributed by atoms with Gasteiger partial charge in [0.05, 0.1) is 25.9 Å². The summed E-state index contributed by atoms with van der Waals surface area (Å²) in [6, 6.07) is 11.7. The quantitative estimate of drug-likeness (QED) is 0.408. The second-order valence-electron chi connectivity index (χ2n) is 7.50. The maximum absolute atomic E-state index is 12.0. The monoisotopic (exact) mass is 435 g/mol. The fourth-order valence-corrected chi connectivity index (χ4v) is 3.85. The summed E-state index contributed by atoms with van der Waals surface area (Å²) in [4.78, 5) is 26.8. The van der Waals surface area contributed by atoms with Crippen LogP contribution in [0, 0.1) is 0 Å². The number of rotatable bonds is 6. The van der Waals surface area contributed by atoms with E-state index >= 15 is 0 Å². The number of aromatic nitrogens is 5. The van der Waals surface area contributed by atoms with Crippen molar-refractivity contribution in [3.05, 3.63) is 77.4 Å². The molecule has 0 bridgehead atoms. The molecule has 0 amide bonds. The van der Waals surface area contributed by atoms with Crippen LogP contribution in [0.3, 0.4) is 0 Å². The molecule has 3 aromatic heterocycles. The first-order valence-corrected chi connectivity index (χ1v) is 10.1. The van der Waals surface area contributed by atoms with Crippen LogP contribution in [0.15, 0.2) is 66.2 Å². The maximum atomic E-state index is 12.0. The summed E-state index contributed by atoms with van der Waals surface area (Å²) in [5, 5.41) is 20.3. The van der Waals surface area contributed by atoms with Crippen LogP contribution >= 0.6 is 0 Å². The van der Waals surface area contributed by atoms with Crippen molar-refractivity contribution in [2.45, 2.75) is 31.1 Å². The molecule has 1 saturated heterocycles. The van der Waals surface area contributed by atoms with Gasteiger partial charge >= 0.3 is 0 Å². The molecule has 10 heteroatoms. The van der Waals surface area contributed by atoms with E-state index in [4.69, 9.17) is 9.47 Å². The molecular weight excluding hydrogens is 414 g/mol. The second-order valence-corrected chi connectivity index (χ2v) is 7.50. The van der Waals surface area contributed by atoms with E-state index in [0.29, 0.717) is 5.65 Å². The van der Waals surface area contributed by atoms with Crippen LogP contribution in [0.5, 0.6) is 0 Å². The Labute approximate surface area is 182 Å². The van der Waals surface area contributed by atoms with E-state index in [-0.39, 0.29) is 24.3 Å². The van der Waals surface area contributed by atoms with E-state index in [1.54, 1.807) is 17.0 Å². The predicted octanol–water partition coefficient (Wildman–Crippen LogP) is 1.02. The SMILES string of the molecule is O=c1[nH]cnc2c1ncn2[C@@H]1O[C@H](CO)C(O)C1OCc1ccc(-c2ccncc2)cc1. The number of aliphatic hydroxyl groups excluding tert-OH is 2. The Balaban J connectivity index is 1.37. The van der Waals surface area contributed by atoms with Crippen molar-refractivity contribution in [1.82, 2.24) is 24.5 Å². The van der Waals surface area contributed by atoms with Crippen LogP contribution in [0.4, 0.5) is 0 Å². The zero-order chi connectivity index (χ0) is 22.1. The summed E-state index contributed by atoms with van der Waals surface area (Å²) in [5.41, 5.74) is 3.11. The molecular formula is C22H21N5O5. The van der Waals surface area contributed by atoms with Crippen LogP contribution < -0.4 is 5.56 Å². The third-order valence-corrected chi connectivity index (χ3v) is 5.54. The highest BCUT2D eigenvalue weighted by Gasteiger charge is 2.45. The smallest absolute Gasteiger partial charge is 0.278 e. The highest BCUT2D eigenvalue weighted by molar-refractivity contribution is 5.69. The third kappa shape index (κ3) is 3.69. The number of pyridine rings is 1. The van der Waals surface area contributed by atoms with E-state index in [2.05, 4.69) is 19.9 Å². The number of H-pyrrole nitrogens is 1. The van der Waals surface area contributed by atoms with Gasteiger partial charge in [0.15, 0.2) is 17.4 Å². The van der Waals surface area contributed by atoms with Gasteiger partial charge in [-0.1, -0.05) is 24.3 Å². The van der Waals surface area contributed by atoms with Crippen LogP contribution in [-0.4, -0.2) is 59.6 Å². The first kappa shape index (κ1) is 20.5. The number of hydrogen-bond donors (Lipinski definition) is 3. The minimum absolute atomic E-state index is 0.156. The van der Waals surface area contributed by atoms with E-state index < -0.39 is 24.5 Å². The summed E-state index contributed by atoms with van der Waals surface area (Å²) in [7, 11) is 0. The molecule has 0 aliphatic carbocycles. The van der Waals surface area contributed by atoms with Crippen molar-refractivity contribution in [2.24, 2.45) is 0 Å². The molecule has 0 radical (unpaired) electrons. The Morgan fingerprint density at radius 2 is 1.84 bits per heavy atom. The highest BCUT2D eigenvalue weighted by atomic mass is 16.6. The molecule has 1 fully saturated rings. The van der Waals surface area contributed by atoms with Crippen molar-refractivity contribution in [3.8, 4) is 11.1 Å². The molecule has 3 N–H and O–H groups in total. The Morgan fingerprint density at radius 1 is 1.09 bits per heavy atom. The lowest BCUT2D eigenvalue weighted by Crippen LogP contribution is -2.35. The Morgan fingerprint density at radius 3 is 2.59 bits per heavy atom. The van der Waals surface area contributed by atoms with E-state index in [0.717, 1.165) is 16.7 Å². The molecule has 4 atom stereocenters. The molecule has 0 spiro atoms. The average Bonchev–Trinajstić information content (AvgIpc) is 3.40. The highest BCUT2D eigenvalue weighted by Crippen LogP contribution is 2.33. The van der Waals surface area contributed by atoms with Crippen molar-refractivity contribution >= 4 is 11.2 Å². The second kappa shape index (κ2) is 8.60. The molecule has 5 rings (SSSR count). The normalized spacial score (nSPS) is 23.1. The number of fused-ring (bicyclic) bond motifs is 1. The average molecular weight is 435 g/mol. The molecule has 1 aromatic carbocycles. The number of nitrogens with zero attached hydrogens (tertiary/aromatic N) is 4.